The third-order valence-electron chi connectivity index (χ3n) is 6.26. The van der Waals surface area contributed by atoms with Crippen LogP contribution in [0, 0.1) is 11.6 Å². The number of rotatable bonds is 7. The molecule has 0 saturated carbocycles. The molecule has 14 heteroatoms. The molecule has 1 aliphatic heterocycles. The summed E-state index contributed by atoms with van der Waals surface area (Å²) in [7, 11) is 0. The van der Waals surface area contributed by atoms with Crippen LogP contribution in [0.1, 0.15) is 44.8 Å². The first-order valence-corrected chi connectivity index (χ1v) is 12.6. The highest BCUT2D eigenvalue weighted by Crippen LogP contribution is 2.49. The van der Waals surface area contributed by atoms with E-state index in [1.807, 2.05) is 0 Å². The first-order chi connectivity index (χ1) is 18.5. The minimum absolute atomic E-state index is 0.107. The van der Waals surface area contributed by atoms with Crippen LogP contribution in [0.3, 0.4) is 0 Å². The minimum atomic E-state index is -2.77. The van der Waals surface area contributed by atoms with Gasteiger partial charge in [0, 0.05) is 23.5 Å². The molecule has 0 aliphatic carbocycles. The van der Waals surface area contributed by atoms with Crippen LogP contribution >= 0.6 is 11.8 Å². The minimum Gasteiger partial charge on any atom is -0.464 e. The summed E-state index contributed by atoms with van der Waals surface area (Å²) in [5, 5.41) is 2.80. The molecule has 5 rings (SSSR count). The third-order valence-corrected chi connectivity index (χ3v) is 7.35. The van der Waals surface area contributed by atoms with Gasteiger partial charge in [0.25, 0.3) is 6.43 Å². The fraction of sp³-hybridized carbons (Fsp3) is 0.320. The lowest BCUT2D eigenvalue weighted by atomic mass is 9.82. The standard InChI is InChI=1S/C25H23F4N7O2S/c1-12(21-32-6-7-37-21)38-17-10-33-19-16(35-17)4-5-31-20(19)34-13-8-14(18(27)15(26)9-13)24(2)11-25(3,22(28)29)39-23(30)36-24/h4-10,12,22H,11H2,1-3H3,(H2,30,36)(H,31,34)/t12-,24+,25-/m1/s1. The van der Waals surface area contributed by atoms with Gasteiger partial charge in [0.05, 0.1) is 28.2 Å². The Morgan fingerprint density at radius 3 is 2.67 bits per heavy atom. The Bertz CT molecular complexity index is 1560. The van der Waals surface area contributed by atoms with E-state index in [0.29, 0.717) is 16.9 Å². The number of nitrogens with two attached hydrogens (primary N) is 1. The number of nitrogens with one attached hydrogen (secondary N) is 1. The summed E-state index contributed by atoms with van der Waals surface area (Å²) in [5.74, 6) is -1.61. The van der Waals surface area contributed by atoms with Crippen molar-refractivity contribution in [3.8, 4) is 5.88 Å². The van der Waals surface area contributed by atoms with Gasteiger partial charge in [-0.15, -0.1) is 0 Å². The highest BCUT2D eigenvalue weighted by molar-refractivity contribution is 8.15. The molecule has 3 atom stereocenters. The second-order valence-electron chi connectivity index (χ2n) is 9.43. The molecule has 1 aromatic carbocycles. The number of oxazole rings is 1. The van der Waals surface area contributed by atoms with Crippen molar-refractivity contribution in [2.75, 3.05) is 5.32 Å². The molecule has 4 aromatic rings. The number of aliphatic imine (C=N–C) groups is 1. The molecule has 3 aromatic heterocycles. The Labute approximate surface area is 224 Å². The van der Waals surface area contributed by atoms with Crippen molar-refractivity contribution in [2.24, 2.45) is 10.7 Å². The zero-order valence-corrected chi connectivity index (χ0v) is 21.8. The molecule has 0 unspecified atom stereocenters. The zero-order valence-electron chi connectivity index (χ0n) is 21.0. The predicted octanol–water partition coefficient (Wildman–Crippen LogP) is 5.87. The molecule has 3 N–H and O–H groups in total. The monoisotopic (exact) mass is 561 g/mol. The SMILES string of the molecule is C[C@@H](Oc1cnc2c(Nc3cc(F)c(F)c([C@]4(C)C[C@](C)(C(F)F)SC(N)=N4)c3)nccc2n1)c1ncco1. The van der Waals surface area contributed by atoms with E-state index in [4.69, 9.17) is 14.9 Å². The zero-order chi connectivity index (χ0) is 27.9. The molecule has 0 spiro atoms. The Balaban J connectivity index is 1.47. The number of benzene rings is 1. The van der Waals surface area contributed by atoms with Crippen LogP contribution < -0.4 is 15.8 Å². The molecular formula is C25H23F4N7O2S. The number of hydrogen-bond acceptors (Lipinski definition) is 10. The smallest absolute Gasteiger partial charge is 0.253 e. The molecule has 0 amide bonds. The number of amidine groups is 1. The van der Waals surface area contributed by atoms with Crippen LogP contribution in [0.15, 0.2) is 52.5 Å². The summed E-state index contributed by atoms with van der Waals surface area (Å²) < 4.78 is 66.9. The van der Waals surface area contributed by atoms with Crippen molar-refractivity contribution in [1.82, 2.24) is 19.9 Å². The lowest BCUT2D eigenvalue weighted by Gasteiger charge is -2.40. The fourth-order valence-corrected chi connectivity index (χ4v) is 5.64. The number of alkyl halides is 2. The van der Waals surface area contributed by atoms with Gasteiger partial charge in [0.15, 0.2) is 28.7 Å². The fourth-order valence-electron chi connectivity index (χ4n) is 4.47. The molecule has 0 saturated heterocycles. The number of aromatic nitrogens is 4. The van der Waals surface area contributed by atoms with Gasteiger partial charge in [-0.2, -0.15) is 0 Å². The maximum Gasteiger partial charge on any atom is 0.253 e. The van der Waals surface area contributed by atoms with E-state index < -0.39 is 34.4 Å². The number of hydrogen-bond donors (Lipinski definition) is 2. The summed E-state index contributed by atoms with van der Waals surface area (Å²) in [6.45, 7) is 4.51. The van der Waals surface area contributed by atoms with Gasteiger partial charge < -0.3 is 20.2 Å². The maximum atomic E-state index is 15.1. The molecule has 39 heavy (non-hydrogen) atoms. The lowest BCUT2D eigenvalue weighted by Crippen LogP contribution is -2.44. The van der Waals surface area contributed by atoms with E-state index in [0.717, 1.165) is 17.8 Å². The van der Waals surface area contributed by atoms with Crippen molar-refractivity contribution in [2.45, 2.75) is 50.0 Å². The van der Waals surface area contributed by atoms with E-state index in [2.05, 4.69) is 30.2 Å². The average Bonchev–Trinajstić information content (AvgIpc) is 3.40. The largest absolute Gasteiger partial charge is 0.464 e. The maximum absolute atomic E-state index is 15.1. The van der Waals surface area contributed by atoms with E-state index in [9.17, 15) is 13.2 Å². The summed E-state index contributed by atoms with van der Waals surface area (Å²) >= 11 is 0.718. The molecule has 204 valence electrons. The van der Waals surface area contributed by atoms with E-state index in [-0.39, 0.29) is 34.5 Å². The lowest BCUT2D eigenvalue weighted by molar-refractivity contribution is 0.0892. The Kier molecular flexibility index (Phi) is 6.83. The van der Waals surface area contributed by atoms with Crippen molar-refractivity contribution >= 4 is 39.5 Å². The Hall–Kier alpha value is -3.94. The molecule has 4 heterocycles. The van der Waals surface area contributed by atoms with E-state index in [1.54, 1.807) is 13.0 Å². The van der Waals surface area contributed by atoms with Crippen LogP contribution in [0.5, 0.6) is 5.88 Å². The number of ether oxygens (including phenoxy) is 1. The van der Waals surface area contributed by atoms with Gasteiger partial charge in [-0.3, -0.25) is 4.99 Å². The molecule has 1 aliphatic rings. The molecular weight excluding hydrogens is 538 g/mol. The number of thioether (sulfide) groups is 1. The van der Waals surface area contributed by atoms with Crippen molar-refractivity contribution in [3.05, 3.63) is 66.1 Å². The second kappa shape index (κ2) is 9.98. The summed E-state index contributed by atoms with van der Waals surface area (Å²) in [4.78, 5) is 21.3. The van der Waals surface area contributed by atoms with Gasteiger partial charge in [-0.1, -0.05) is 11.8 Å². The highest BCUT2D eigenvalue weighted by atomic mass is 32.2. The quantitative estimate of drug-likeness (QED) is 0.267. The van der Waals surface area contributed by atoms with Crippen LogP contribution in [-0.4, -0.2) is 36.3 Å². The molecule has 9 nitrogen and oxygen atoms in total. The summed E-state index contributed by atoms with van der Waals surface area (Å²) in [6, 6.07) is 3.85. The molecule has 0 bridgehead atoms. The van der Waals surface area contributed by atoms with Crippen molar-refractivity contribution in [1.29, 1.82) is 0 Å². The summed E-state index contributed by atoms with van der Waals surface area (Å²) in [5.41, 5.74) is 4.93. The van der Waals surface area contributed by atoms with Crippen LogP contribution in [-0.2, 0) is 5.54 Å². The first-order valence-electron chi connectivity index (χ1n) is 11.7. The van der Waals surface area contributed by atoms with Gasteiger partial charge in [-0.05, 0) is 39.3 Å². The second-order valence-corrected chi connectivity index (χ2v) is 11.0. The van der Waals surface area contributed by atoms with E-state index >= 15 is 4.39 Å². The van der Waals surface area contributed by atoms with E-state index in [1.165, 1.54) is 44.8 Å². The van der Waals surface area contributed by atoms with Gasteiger partial charge in [0.2, 0.25) is 11.8 Å². The van der Waals surface area contributed by atoms with Gasteiger partial charge in [-0.25, -0.2) is 37.5 Å². The highest BCUT2D eigenvalue weighted by Gasteiger charge is 2.48. The normalized spacial score (nSPS) is 22.1. The molecule has 0 fully saturated rings. The number of fused-ring (bicyclic) bond motifs is 1. The van der Waals surface area contributed by atoms with Crippen LogP contribution in [0.2, 0.25) is 0 Å². The predicted molar refractivity (Wildman–Crippen MR) is 138 cm³/mol. The van der Waals surface area contributed by atoms with Crippen molar-refractivity contribution in [3.63, 3.8) is 0 Å². The van der Waals surface area contributed by atoms with Crippen molar-refractivity contribution < 1.29 is 26.7 Å². The third kappa shape index (κ3) is 5.20. The van der Waals surface area contributed by atoms with Gasteiger partial charge in [0.1, 0.15) is 11.8 Å². The van der Waals surface area contributed by atoms with Crippen LogP contribution in [0.4, 0.5) is 29.1 Å². The number of anilines is 2. The van der Waals surface area contributed by atoms with Gasteiger partial charge >= 0.3 is 0 Å². The first kappa shape index (κ1) is 26.7. The topological polar surface area (TPSA) is 124 Å². The number of nitrogens with zero attached hydrogens (tertiary/aromatic N) is 5. The number of pyridine rings is 1. The summed E-state index contributed by atoms with van der Waals surface area (Å²) in [6.07, 6.45) is 2.22. The Morgan fingerprint density at radius 1 is 1.15 bits per heavy atom. The van der Waals surface area contributed by atoms with Crippen LogP contribution in [0.25, 0.3) is 11.0 Å². The molecule has 0 radical (unpaired) electrons. The number of halogens is 4. The Morgan fingerprint density at radius 2 is 1.95 bits per heavy atom. The average molecular weight is 562 g/mol.